The first-order valence-corrected chi connectivity index (χ1v) is 9.16. The van der Waals surface area contributed by atoms with Crippen LogP contribution in [0.4, 0.5) is 5.69 Å². The fourth-order valence-corrected chi connectivity index (χ4v) is 5.13. The molecule has 2 N–H and O–H groups in total. The lowest BCUT2D eigenvalue weighted by molar-refractivity contribution is 0.364. The molecule has 0 unspecified atom stereocenters. The smallest absolute Gasteiger partial charge is 0.243 e. The highest BCUT2D eigenvalue weighted by atomic mass is 32.2. The molecule has 0 saturated carbocycles. The van der Waals surface area contributed by atoms with E-state index in [1.807, 2.05) is 26.8 Å². The van der Waals surface area contributed by atoms with Gasteiger partial charge in [0.05, 0.1) is 4.90 Å². The normalized spacial score (nSPS) is 18.2. The van der Waals surface area contributed by atoms with Crippen molar-refractivity contribution in [2.75, 3.05) is 18.8 Å². The molecule has 1 fully saturated rings. The lowest BCUT2D eigenvalue weighted by atomic mass is 10.1. The van der Waals surface area contributed by atoms with Crippen molar-refractivity contribution in [3.63, 3.8) is 0 Å². The summed E-state index contributed by atoms with van der Waals surface area (Å²) >= 11 is 0. The standard InChI is InChI=1S/C16H26N2O2S/c1-12-11-13(2)16(14(3)15(12)17)21(19,20)18-9-7-5-4-6-8-10-18/h11H,4-10,17H2,1-3H3. The van der Waals surface area contributed by atoms with E-state index < -0.39 is 10.0 Å². The topological polar surface area (TPSA) is 63.4 Å². The average molecular weight is 310 g/mol. The van der Waals surface area contributed by atoms with Crippen molar-refractivity contribution in [1.82, 2.24) is 4.31 Å². The highest BCUT2D eigenvalue weighted by Crippen LogP contribution is 2.31. The summed E-state index contributed by atoms with van der Waals surface area (Å²) in [5, 5.41) is 0. The maximum Gasteiger partial charge on any atom is 0.243 e. The van der Waals surface area contributed by atoms with E-state index in [1.165, 1.54) is 6.42 Å². The van der Waals surface area contributed by atoms with Gasteiger partial charge in [0.1, 0.15) is 0 Å². The minimum Gasteiger partial charge on any atom is -0.398 e. The first-order valence-electron chi connectivity index (χ1n) is 7.72. The van der Waals surface area contributed by atoms with E-state index in [1.54, 1.807) is 4.31 Å². The Morgan fingerprint density at radius 3 is 2.05 bits per heavy atom. The molecule has 1 aromatic rings. The quantitative estimate of drug-likeness (QED) is 0.854. The zero-order chi connectivity index (χ0) is 15.6. The van der Waals surface area contributed by atoms with Gasteiger partial charge in [0.15, 0.2) is 0 Å². The van der Waals surface area contributed by atoms with Crippen LogP contribution in [0.2, 0.25) is 0 Å². The molecular formula is C16H26N2O2S. The molecule has 0 spiro atoms. The third-order valence-corrected chi connectivity index (χ3v) is 6.56. The summed E-state index contributed by atoms with van der Waals surface area (Å²) in [5.74, 6) is 0. The third kappa shape index (κ3) is 3.24. The minimum absolute atomic E-state index is 0.408. The minimum atomic E-state index is -3.45. The zero-order valence-corrected chi connectivity index (χ0v) is 14.1. The van der Waals surface area contributed by atoms with E-state index in [0.29, 0.717) is 29.2 Å². The summed E-state index contributed by atoms with van der Waals surface area (Å²) in [4.78, 5) is 0.408. The number of sulfonamides is 1. The molecule has 21 heavy (non-hydrogen) atoms. The molecule has 1 aliphatic heterocycles. The Labute approximate surface area is 128 Å². The molecule has 0 bridgehead atoms. The Morgan fingerprint density at radius 1 is 0.952 bits per heavy atom. The van der Waals surface area contributed by atoms with Crippen molar-refractivity contribution in [1.29, 1.82) is 0 Å². The van der Waals surface area contributed by atoms with Crippen LogP contribution in [0.25, 0.3) is 0 Å². The van der Waals surface area contributed by atoms with Crippen LogP contribution in [-0.4, -0.2) is 25.8 Å². The zero-order valence-electron chi connectivity index (χ0n) is 13.3. The van der Waals surface area contributed by atoms with Gasteiger partial charge in [-0.2, -0.15) is 4.31 Å². The summed E-state index contributed by atoms with van der Waals surface area (Å²) in [6.45, 7) is 6.83. The van der Waals surface area contributed by atoms with Gasteiger partial charge in [-0.3, -0.25) is 0 Å². The Balaban J connectivity index is 2.46. The van der Waals surface area contributed by atoms with Gasteiger partial charge in [0.25, 0.3) is 0 Å². The van der Waals surface area contributed by atoms with Crippen molar-refractivity contribution in [3.8, 4) is 0 Å². The van der Waals surface area contributed by atoms with Crippen LogP contribution >= 0.6 is 0 Å². The van der Waals surface area contributed by atoms with E-state index in [2.05, 4.69) is 0 Å². The fourth-order valence-electron chi connectivity index (χ4n) is 3.17. The van der Waals surface area contributed by atoms with Crippen LogP contribution in [0, 0.1) is 20.8 Å². The van der Waals surface area contributed by atoms with Gasteiger partial charge in [-0.15, -0.1) is 0 Å². The monoisotopic (exact) mass is 310 g/mol. The second-order valence-corrected chi connectivity index (χ2v) is 7.92. The molecule has 118 valence electrons. The molecule has 1 aliphatic rings. The molecular weight excluding hydrogens is 284 g/mol. The Hall–Kier alpha value is -1.07. The molecule has 5 heteroatoms. The summed E-state index contributed by atoms with van der Waals surface area (Å²) < 4.78 is 27.7. The lowest BCUT2D eigenvalue weighted by Crippen LogP contribution is -2.34. The molecule has 2 rings (SSSR count). The molecule has 1 heterocycles. The molecule has 0 atom stereocenters. The highest BCUT2D eigenvalue weighted by Gasteiger charge is 2.28. The molecule has 1 saturated heterocycles. The van der Waals surface area contributed by atoms with Gasteiger partial charge < -0.3 is 5.73 Å². The predicted molar refractivity (Wildman–Crippen MR) is 86.9 cm³/mol. The number of rotatable bonds is 2. The van der Waals surface area contributed by atoms with Gasteiger partial charge in [-0.05, 0) is 50.3 Å². The van der Waals surface area contributed by atoms with Crippen LogP contribution in [0.1, 0.15) is 48.8 Å². The van der Waals surface area contributed by atoms with E-state index in [9.17, 15) is 8.42 Å². The maximum absolute atomic E-state index is 13.0. The second-order valence-electron chi connectivity index (χ2n) is 6.05. The maximum atomic E-state index is 13.0. The summed E-state index contributed by atoms with van der Waals surface area (Å²) in [6.07, 6.45) is 5.32. The first kappa shape index (κ1) is 16.3. The number of nitrogen functional groups attached to an aromatic ring is 1. The van der Waals surface area contributed by atoms with Gasteiger partial charge in [-0.25, -0.2) is 8.42 Å². The number of nitrogens with two attached hydrogens (primary N) is 1. The van der Waals surface area contributed by atoms with Crippen LogP contribution in [0.5, 0.6) is 0 Å². The highest BCUT2D eigenvalue weighted by molar-refractivity contribution is 7.89. The van der Waals surface area contributed by atoms with E-state index in [4.69, 9.17) is 5.73 Å². The largest absolute Gasteiger partial charge is 0.398 e. The first-order chi connectivity index (χ1) is 9.85. The van der Waals surface area contributed by atoms with Gasteiger partial charge in [-0.1, -0.05) is 25.3 Å². The number of nitrogens with zero attached hydrogens (tertiary/aromatic N) is 1. The SMILES string of the molecule is Cc1cc(C)c(S(=O)(=O)N2CCCCCCC2)c(C)c1N. The fraction of sp³-hybridized carbons (Fsp3) is 0.625. The number of benzene rings is 1. The van der Waals surface area contributed by atoms with E-state index >= 15 is 0 Å². The Morgan fingerprint density at radius 2 is 1.48 bits per heavy atom. The molecule has 0 aromatic heterocycles. The third-order valence-electron chi connectivity index (χ3n) is 4.37. The van der Waals surface area contributed by atoms with Crippen molar-refractivity contribution >= 4 is 15.7 Å². The van der Waals surface area contributed by atoms with E-state index in [-0.39, 0.29) is 0 Å². The van der Waals surface area contributed by atoms with Crippen molar-refractivity contribution < 1.29 is 8.42 Å². The summed E-state index contributed by atoms with van der Waals surface area (Å²) in [7, 11) is -3.45. The number of anilines is 1. The summed E-state index contributed by atoms with van der Waals surface area (Å²) in [5.41, 5.74) is 9.06. The Kier molecular flexibility index (Phi) is 4.94. The Bertz CT molecular complexity index is 616. The average Bonchev–Trinajstić information content (AvgIpc) is 2.34. The summed E-state index contributed by atoms with van der Waals surface area (Å²) in [6, 6.07) is 1.87. The van der Waals surface area contributed by atoms with Crippen molar-refractivity contribution in [2.24, 2.45) is 0 Å². The van der Waals surface area contributed by atoms with Crippen molar-refractivity contribution in [3.05, 3.63) is 22.8 Å². The van der Waals surface area contributed by atoms with Crippen LogP contribution in [-0.2, 0) is 10.0 Å². The van der Waals surface area contributed by atoms with Crippen LogP contribution in [0.15, 0.2) is 11.0 Å². The van der Waals surface area contributed by atoms with Gasteiger partial charge >= 0.3 is 0 Å². The van der Waals surface area contributed by atoms with Gasteiger partial charge in [0.2, 0.25) is 10.0 Å². The molecule has 0 amide bonds. The van der Waals surface area contributed by atoms with E-state index in [0.717, 1.165) is 36.8 Å². The predicted octanol–water partition coefficient (Wildman–Crippen LogP) is 3.15. The molecule has 0 radical (unpaired) electrons. The van der Waals surface area contributed by atoms with Crippen LogP contribution < -0.4 is 5.73 Å². The lowest BCUT2D eigenvalue weighted by Gasteiger charge is -2.26. The molecule has 1 aromatic carbocycles. The second kappa shape index (κ2) is 6.36. The number of aryl methyl sites for hydroxylation is 2. The molecule has 4 nitrogen and oxygen atoms in total. The van der Waals surface area contributed by atoms with Crippen molar-refractivity contribution in [2.45, 2.75) is 57.8 Å². The number of hydrogen-bond donors (Lipinski definition) is 1. The molecule has 0 aliphatic carbocycles. The van der Waals surface area contributed by atoms with Gasteiger partial charge in [0, 0.05) is 18.8 Å². The number of hydrogen-bond acceptors (Lipinski definition) is 3. The van der Waals surface area contributed by atoms with Crippen LogP contribution in [0.3, 0.4) is 0 Å².